The van der Waals surface area contributed by atoms with Crippen molar-refractivity contribution >= 4 is 100 Å². The van der Waals surface area contributed by atoms with Gasteiger partial charge < -0.3 is 9.80 Å². The van der Waals surface area contributed by atoms with Gasteiger partial charge in [-0.15, -0.1) is 0 Å². The first-order valence-electron chi connectivity index (χ1n) is 31.2. The lowest BCUT2D eigenvalue weighted by atomic mass is 9.33. The summed E-state index contributed by atoms with van der Waals surface area (Å²) in [6, 6.07) is 119. The average molecular weight is 1130 g/mol. The lowest BCUT2D eigenvalue weighted by Gasteiger charge is -2.46. The van der Waals surface area contributed by atoms with Crippen LogP contribution in [0.1, 0.15) is 26.3 Å². The van der Waals surface area contributed by atoms with Crippen molar-refractivity contribution < 1.29 is 0 Å². The first-order chi connectivity index (χ1) is 43.8. The largest absolute Gasteiger partial charge is 0.310 e. The molecule has 15 aromatic rings. The van der Waals surface area contributed by atoms with Gasteiger partial charge in [-0.25, -0.2) is 0 Å². The summed E-state index contributed by atoms with van der Waals surface area (Å²) in [5.41, 5.74) is 25.7. The summed E-state index contributed by atoms with van der Waals surface area (Å²) in [6.07, 6.45) is 0. The maximum absolute atomic E-state index is 2.68. The van der Waals surface area contributed by atoms with Gasteiger partial charge in [-0.05, 0) is 151 Å². The number of rotatable bonds is 8. The zero-order chi connectivity index (χ0) is 59.3. The van der Waals surface area contributed by atoms with Crippen LogP contribution in [0.25, 0.3) is 110 Å². The molecule has 0 aliphatic carbocycles. The van der Waals surface area contributed by atoms with Gasteiger partial charge in [0.1, 0.15) is 0 Å². The molecular weight excluding hydrogens is 1070 g/mol. The fourth-order valence-corrected chi connectivity index (χ4v) is 14.6. The van der Waals surface area contributed by atoms with Crippen LogP contribution in [0.3, 0.4) is 0 Å². The maximum Gasteiger partial charge on any atom is 0.252 e. The molecule has 0 fully saturated rings. The number of nitrogens with zero attached hydrogens (tertiary/aromatic N) is 2. The predicted octanol–water partition coefficient (Wildman–Crippen LogP) is 21.7. The van der Waals surface area contributed by atoms with Crippen molar-refractivity contribution in [1.29, 1.82) is 0 Å². The fraction of sp³-hybridized carbons (Fsp3) is 0.0465. The van der Waals surface area contributed by atoms with Crippen molar-refractivity contribution in [2.24, 2.45) is 0 Å². The number of benzene rings is 15. The smallest absolute Gasteiger partial charge is 0.252 e. The van der Waals surface area contributed by atoms with E-state index in [1.165, 1.54) is 98.7 Å². The van der Waals surface area contributed by atoms with Crippen LogP contribution in [0.4, 0.5) is 34.1 Å². The minimum atomic E-state index is -0.268. The third-order valence-electron chi connectivity index (χ3n) is 19.0. The summed E-state index contributed by atoms with van der Waals surface area (Å²) in [7, 11) is 0. The quantitative estimate of drug-likeness (QED) is 0.111. The Morgan fingerprint density at radius 3 is 0.989 bits per heavy atom. The van der Waals surface area contributed by atoms with Crippen molar-refractivity contribution in [3.8, 4) is 66.8 Å². The molecule has 0 bridgehead atoms. The van der Waals surface area contributed by atoms with E-state index in [9.17, 15) is 0 Å². The topological polar surface area (TPSA) is 6.48 Å². The van der Waals surface area contributed by atoms with Crippen molar-refractivity contribution in [2.75, 3.05) is 9.80 Å². The Hall–Kier alpha value is -11.0. The van der Waals surface area contributed by atoms with Crippen LogP contribution in [-0.2, 0) is 5.41 Å². The molecule has 0 amide bonds. The Kier molecular flexibility index (Phi) is 12.3. The Bertz CT molecular complexity index is 4980. The molecule has 15 aromatic carbocycles. The molecule has 89 heavy (non-hydrogen) atoms. The van der Waals surface area contributed by atoms with Gasteiger partial charge in [0, 0.05) is 45.0 Å². The summed E-state index contributed by atoms with van der Waals surface area (Å²) in [6.45, 7) is 6.96. The summed E-state index contributed by atoms with van der Waals surface area (Å²) in [5, 5.41) is 9.89. The molecule has 0 unspecified atom stereocenters. The van der Waals surface area contributed by atoms with E-state index in [4.69, 9.17) is 0 Å². The fourth-order valence-electron chi connectivity index (χ4n) is 14.6. The Balaban J connectivity index is 1.03. The highest BCUT2D eigenvalue weighted by atomic mass is 15.2. The zero-order valence-corrected chi connectivity index (χ0v) is 50.0. The molecule has 17 rings (SSSR count). The lowest BCUT2D eigenvalue weighted by molar-refractivity contribution is 0.590. The normalized spacial score (nSPS) is 12.6. The number of hydrogen-bond donors (Lipinski definition) is 0. The molecule has 0 radical (unpaired) electrons. The first-order valence-corrected chi connectivity index (χ1v) is 31.2. The van der Waals surface area contributed by atoms with Crippen LogP contribution in [0.2, 0.25) is 0 Å². The highest BCUT2D eigenvalue weighted by molar-refractivity contribution is 7.00. The van der Waals surface area contributed by atoms with E-state index in [1.54, 1.807) is 0 Å². The van der Waals surface area contributed by atoms with Gasteiger partial charge >= 0.3 is 0 Å². The third kappa shape index (κ3) is 8.71. The van der Waals surface area contributed by atoms with Gasteiger partial charge in [0.2, 0.25) is 0 Å². The van der Waals surface area contributed by atoms with Crippen molar-refractivity contribution in [3.05, 3.63) is 321 Å². The molecule has 0 N–H and O–H groups in total. The summed E-state index contributed by atoms with van der Waals surface area (Å²) in [5.74, 6) is 0. The van der Waals surface area contributed by atoms with E-state index in [0.29, 0.717) is 0 Å². The number of para-hydroxylation sites is 2. The van der Waals surface area contributed by atoms with Gasteiger partial charge in [-0.2, -0.15) is 0 Å². The predicted molar refractivity (Wildman–Crippen MR) is 382 cm³/mol. The van der Waals surface area contributed by atoms with E-state index in [0.717, 1.165) is 67.3 Å². The van der Waals surface area contributed by atoms with Crippen molar-refractivity contribution in [3.63, 3.8) is 0 Å². The second kappa shape index (κ2) is 20.9. The minimum absolute atomic E-state index is 0.183. The summed E-state index contributed by atoms with van der Waals surface area (Å²) in [4.78, 5) is 5.37. The zero-order valence-electron chi connectivity index (χ0n) is 50.0. The molecule has 0 saturated carbocycles. The van der Waals surface area contributed by atoms with Crippen LogP contribution < -0.4 is 26.2 Å². The molecule has 2 aliphatic heterocycles. The molecule has 2 nitrogen and oxygen atoms in total. The molecule has 0 atom stereocenters. The van der Waals surface area contributed by atoms with Crippen LogP contribution >= 0.6 is 0 Å². The monoisotopic (exact) mass is 1130 g/mol. The van der Waals surface area contributed by atoms with Crippen LogP contribution in [0, 0.1) is 0 Å². The van der Waals surface area contributed by atoms with Crippen molar-refractivity contribution in [2.45, 2.75) is 26.2 Å². The van der Waals surface area contributed by atoms with E-state index in [-0.39, 0.29) is 12.1 Å². The number of hydrogen-bond acceptors (Lipinski definition) is 2. The molecule has 3 heteroatoms. The molecule has 0 saturated heterocycles. The lowest BCUT2D eigenvalue weighted by Crippen LogP contribution is -2.61. The van der Waals surface area contributed by atoms with Crippen LogP contribution in [0.15, 0.2) is 315 Å². The molecule has 2 heterocycles. The third-order valence-corrected chi connectivity index (χ3v) is 19.0. The number of anilines is 6. The SMILES string of the molecule is CC(C)(C)c1cc2c3c(c1)N(c1c(-c4ccccc4)cccc1-c1ccc4ccc5ccccc5c4c1)c1ccc(-c4ccccc4)cc1B3c1cc(-c3ccccc3)ccc1N2c1c(-c2ccccc2)cccc1-c1ccc2ccc3ccccc3c2c1. The van der Waals surface area contributed by atoms with Gasteiger partial charge in [0.15, 0.2) is 0 Å². The molecule has 0 spiro atoms. The van der Waals surface area contributed by atoms with Crippen LogP contribution in [-0.4, -0.2) is 6.71 Å². The van der Waals surface area contributed by atoms with Gasteiger partial charge in [-0.1, -0.05) is 300 Å². The minimum Gasteiger partial charge on any atom is -0.310 e. The highest BCUT2D eigenvalue weighted by Crippen LogP contribution is 2.54. The molecule has 0 aromatic heterocycles. The number of fused-ring (bicyclic) bond motifs is 10. The first kappa shape index (κ1) is 52.3. The Morgan fingerprint density at radius 1 is 0.247 bits per heavy atom. The average Bonchev–Trinajstić information content (AvgIpc) is 0.710. The van der Waals surface area contributed by atoms with Gasteiger partial charge in [0.25, 0.3) is 6.71 Å². The second-order valence-corrected chi connectivity index (χ2v) is 25.1. The summed E-state index contributed by atoms with van der Waals surface area (Å²) < 4.78 is 0. The molecule has 418 valence electrons. The van der Waals surface area contributed by atoms with E-state index in [2.05, 4.69) is 346 Å². The maximum atomic E-state index is 2.68. The standard InChI is InChI=1S/C86H61BN2/c1-86(2,3)68-54-81-83-82(55-68)89(85-72(59-28-14-7-15-29-59)35-21-37-74(85)67-45-43-63-41-39-61-31-17-19-33-70(61)76(63)51-67)80-49-47-65(57-24-10-5-11-25-57)53-78(80)87(83)77-52-64(56-22-8-4-9-23-56)46-48-79(77)88(81)84-71(58-26-12-6-13-27-58)34-20-36-73(84)66-44-42-62-40-38-60-30-16-18-32-69(60)75(62)50-66/h4-55H,1-3H3. The van der Waals surface area contributed by atoms with E-state index < -0.39 is 0 Å². The van der Waals surface area contributed by atoms with Gasteiger partial charge in [-0.3, -0.25) is 0 Å². The Labute approximate surface area is 521 Å². The van der Waals surface area contributed by atoms with Crippen molar-refractivity contribution in [1.82, 2.24) is 0 Å². The molecule has 2 aliphatic rings. The van der Waals surface area contributed by atoms with E-state index >= 15 is 0 Å². The van der Waals surface area contributed by atoms with Crippen LogP contribution in [0.5, 0.6) is 0 Å². The molecular formula is C86H61BN2. The van der Waals surface area contributed by atoms with E-state index in [1.807, 2.05) is 0 Å². The summed E-state index contributed by atoms with van der Waals surface area (Å²) >= 11 is 0. The highest BCUT2D eigenvalue weighted by Gasteiger charge is 2.46. The van der Waals surface area contributed by atoms with Gasteiger partial charge in [0.05, 0.1) is 11.4 Å². The second-order valence-electron chi connectivity index (χ2n) is 25.1. The Morgan fingerprint density at radius 2 is 0.584 bits per heavy atom.